The molecule has 4 aromatic rings. The highest BCUT2D eigenvalue weighted by atomic mass is 19.1. The number of carbonyl (C=O) groups is 2. The molecule has 0 spiro atoms. The van der Waals surface area contributed by atoms with Crippen molar-refractivity contribution in [1.29, 1.82) is 0 Å². The highest BCUT2D eigenvalue weighted by Gasteiger charge is 2.19. The van der Waals surface area contributed by atoms with Gasteiger partial charge in [0, 0.05) is 17.4 Å². The summed E-state index contributed by atoms with van der Waals surface area (Å²) in [5.74, 6) is -1.09. The van der Waals surface area contributed by atoms with E-state index in [-0.39, 0.29) is 23.1 Å². The lowest BCUT2D eigenvalue weighted by molar-refractivity contribution is -0.116. The summed E-state index contributed by atoms with van der Waals surface area (Å²) in [6.07, 6.45) is 1.33. The zero-order valence-corrected chi connectivity index (χ0v) is 18.2. The second-order valence-electron chi connectivity index (χ2n) is 7.60. The zero-order valence-electron chi connectivity index (χ0n) is 18.2. The van der Waals surface area contributed by atoms with E-state index in [9.17, 15) is 23.2 Å². The standard InChI is InChI=1S/C26H20F2N2O4/c1-34-20-10-11-23-21(12-20)26(33)22(25(32)17-4-6-18(28)7-5-17)14-30(23)15-24(31)29-19-8-2-16(13-27)3-9-19/h2-12,14H,13,15H2,1H3,(H,29,31). The van der Waals surface area contributed by atoms with Crippen LogP contribution in [-0.4, -0.2) is 23.4 Å². The lowest BCUT2D eigenvalue weighted by Crippen LogP contribution is -2.24. The fourth-order valence-corrected chi connectivity index (χ4v) is 3.59. The number of ether oxygens (including phenoxy) is 1. The van der Waals surface area contributed by atoms with Gasteiger partial charge < -0.3 is 14.6 Å². The van der Waals surface area contributed by atoms with Crippen LogP contribution in [0.2, 0.25) is 0 Å². The van der Waals surface area contributed by atoms with Crippen LogP contribution < -0.4 is 15.5 Å². The molecule has 172 valence electrons. The molecule has 0 bridgehead atoms. The maximum absolute atomic E-state index is 13.3. The van der Waals surface area contributed by atoms with Crippen molar-refractivity contribution in [2.45, 2.75) is 13.2 Å². The number of hydrogen-bond acceptors (Lipinski definition) is 4. The van der Waals surface area contributed by atoms with Crippen LogP contribution >= 0.6 is 0 Å². The Balaban J connectivity index is 1.74. The smallest absolute Gasteiger partial charge is 0.244 e. The van der Waals surface area contributed by atoms with Crippen molar-refractivity contribution in [3.8, 4) is 5.75 Å². The summed E-state index contributed by atoms with van der Waals surface area (Å²) in [4.78, 5) is 39.0. The molecule has 0 fully saturated rings. The molecule has 1 N–H and O–H groups in total. The average molecular weight is 462 g/mol. The summed E-state index contributed by atoms with van der Waals surface area (Å²) < 4.78 is 32.7. The van der Waals surface area contributed by atoms with Crippen LogP contribution in [0.3, 0.4) is 0 Å². The van der Waals surface area contributed by atoms with Gasteiger partial charge in [0.1, 0.15) is 24.8 Å². The molecule has 0 saturated carbocycles. The molecule has 34 heavy (non-hydrogen) atoms. The fourth-order valence-electron chi connectivity index (χ4n) is 3.59. The zero-order chi connectivity index (χ0) is 24.2. The van der Waals surface area contributed by atoms with Gasteiger partial charge in [-0.25, -0.2) is 8.78 Å². The molecule has 0 aliphatic carbocycles. The van der Waals surface area contributed by atoms with Gasteiger partial charge in [-0.15, -0.1) is 0 Å². The molecule has 1 aromatic heterocycles. The largest absolute Gasteiger partial charge is 0.497 e. The van der Waals surface area contributed by atoms with Crippen LogP contribution in [0.4, 0.5) is 14.5 Å². The number of benzene rings is 3. The maximum atomic E-state index is 13.3. The quantitative estimate of drug-likeness (QED) is 0.411. The summed E-state index contributed by atoms with van der Waals surface area (Å²) in [5, 5.41) is 2.92. The third-order valence-corrected chi connectivity index (χ3v) is 5.34. The van der Waals surface area contributed by atoms with E-state index in [0.717, 1.165) is 12.1 Å². The molecule has 0 unspecified atom stereocenters. The fraction of sp³-hybridized carbons (Fsp3) is 0.115. The summed E-state index contributed by atoms with van der Waals surface area (Å²) >= 11 is 0. The summed E-state index contributed by atoms with van der Waals surface area (Å²) in [6.45, 7) is -0.802. The van der Waals surface area contributed by atoms with Gasteiger partial charge in [0.05, 0.1) is 23.6 Å². The van der Waals surface area contributed by atoms with Gasteiger partial charge in [-0.1, -0.05) is 12.1 Å². The van der Waals surface area contributed by atoms with E-state index in [0.29, 0.717) is 22.5 Å². The Morgan fingerprint density at radius 3 is 2.35 bits per heavy atom. The molecule has 0 aliphatic rings. The molecule has 0 aliphatic heterocycles. The monoisotopic (exact) mass is 462 g/mol. The number of aromatic nitrogens is 1. The summed E-state index contributed by atoms with van der Waals surface area (Å²) in [6, 6.07) is 16.0. The third-order valence-electron chi connectivity index (χ3n) is 5.34. The molecule has 0 radical (unpaired) electrons. The first-order chi connectivity index (χ1) is 16.4. The minimum atomic E-state index is -0.605. The molecular weight excluding hydrogens is 442 g/mol. The molecule has 1 heterocycles. The number of methoxy groups -OCH3 is 1. The van der Waals surface area contributed by atoms with Gasteiger partial charge in [0.2, 0.25) is 11.3 Å². The number of hydrogen-bond donors (Lipinski definition) is 1. The number of ketones is 1. The normalized spacial score (nSPS) is 10.8. The van der Waals surface area contributed by atoms with Gasteiger partial charge >= 0.3 is 0 Å². The molecule has 8 heteroatoms. The predicted octanol–water partition coefficient (Wildman–Crippen LogP) is 4.49. The Hall–Kier alpha value is -4.33. The molecule has 6 nitrogen and oxygen atoms in total. The average Bonchev–Trinajstić information content (AvgIpc) is 2.86. The van der Waals surface area contributed by atoms with Gasteiger partial charge in [-0.05, 0) is 60.2 Å². The molecular formula is C26H20F2N2O4. The number of nitrogens with zero attached hydrogens (tertiary/aromatic N) is 1. The van der Waals surface area contributed by atoms with E-state index in [2.05, 4.69) is 5.32 Å². The second-order valence-corrected chi connectivity index (χ2v) is 7.60. The van der Waals surface area contributed by atoms with Gasteiger partial charge in [-0.2, -0.15) is 0 Å². The van der Waals surface area contributed by atoms with Crippen molar-refractivity contribution >= 4 is 28.3 Å². The Morgan fingerprint density at radius 1 is 1.00 bits per heavy atom. The van der Waals surface area contributed by atoms with E-state index in [4.69, 9.17) is 4.74 Å². The molecule has 3 aromatic carbocycles. The van der Waals surface area contributed by atoms with E-state index >= 15 is 0 Å². The molecule has 1 amide bonds. The SMILES string of the molecule is COc1ccc2c(c1)c(=O)c(C(=O)c1ccc(F)cc1)cn2CC(=O)Nc1ccc(CF)cc1. The maximum Gasteiger partial charge on any atom is 0.244 e. The number of nitrogens with one attached hydrogen (secondary N) is 1. The predicted molar refractivity (Wildman–Crippen MR) is 124 cm³/mol. The summed E-state index contributed by atoms with van der Waals surface area (Å²) in [5.41, 5.74) is 0.863. The van der Waals surface area contributed by atoms with Crippen molar-refractivity contribution in [3.05, 3.63) is 106 Å². The van der Waals surface area contributed by atoms with Crippen LogP contribution in [0, 0.1) is 5.82 Å². The summed E-state index contributed by atoms with van der Waals surface area (Å²) in [7, 11) is 1.45. The van der Waals surface area contributed by atoms with Crippen LogP contribution in [0.15, 0.2) is 77.7 Å². The van der Waals surface area contributed by atoms with Crippen LogP contribution in [0.5, 0.6) is 5.75 Å². The van der Waals surface area contributed by atoms with Crippen molar-refractivity contribution in [3.63, 3.8) is 0 Å². The van der Waals surface area contributed by atoms with Crippen LogP contribution in [-0.2, 0) is 18.0 Å². The van der Waals surface area contributed by atoms with Crippen molar-refractivity contribution < 1.29 is 23.1 Å². The highest BCUT2D eigenvalue weighted by Crippen LogP contribution is 2.21. The molecule has 0 atom stereocenters. The first kappa shape index (κ1) is 22.8. The molecule has 4 rings (SSSR count). The number of carbonyl (C=O) groups excluding carboxylic acids is 2. The second kappa shape index (κ2) is 9.66. The Labute approximate surface area is 193 Å². The highest BCUT2D eigenvalue weighted by molar-refractivity contribution is 6.10. The van der Waals surface area contributed by atoms with Crippen molar-refractivity contribution in [1.82, 2.24) is 4.57 Å². The number of rotatable bonds is 7. The van der Waals surface area contributed by atoms with Crippen molar-refractivity contribution in [2.24, 2.45) is 0 Å². The number of pyridine rings is 1. The lowest BCUT2D eigenvalue weighted by atomic mass is 10.0. The van der Waals surface area contributed by atoms with E-state index < -0.39 is 29.6 Å². The van der Waals surface area contributed by atoms with E-state index in [1.165, 1.54) is 36.1 Å². The van der Waals surface area contributed by atoms with E-state index in [1.807, 2.05) is 0 Å². The van der Waals surface area contributed by atoms with Gasteiger partial charge in [-0.3, -0.25) is 14.4 Å². The first-order valence-corrected chi connectivity index (χ1v) is 10.4. The Kier molecular flexibility index (Phi) is 6.49. The number of amides is 1. The number of halogens is 2. The van der Waals surface area contributed by atoms with Crippen molar-refractivity contribution in [2.75, 3.05) is 12.4 Å². The number of anilines is 1. The topological polar surface area (TPSA) is 77.4 Å². The number of alkyl halides is 1. The van der Waals surface area contributed by atoms with Crippen LogP contribution in [0.1, 0.15) is 21.5 Å². The lowest BCUT2D eigenvalue weighted by Gasteiger charge is -2.14. The third kappa shape index (κ3) is 4.71. The Morgan fingerprint density at radius 2 is 1.71 bits per heavy atom. The minimum absolute atomic E-state index is 0.143. The first-order valence-electron chi connectivity index (χ1n) is 10.4. The van der Waals surface area contributed by atoms with Gasteiger partial charge in [0.25, 0.3) is 0 Å². The number of fused-ring (bicyclic) bond motifs is 1. The van der Waals surface area contributed by atoms with E-state index in [1.54, 1.807) is 36.4 Å². The Bertz CT molecular complexity index is 1430. The molecule has 0 saturated heterocycles. The van der Waals surface area contributed by atoms with Gasteiger partial charge in [0.15, 0.2) is 5.78 Å². The van der Waals surface area contributed by atoms with Crippen LogP contribution in [0.25, 0.3) is 10.9 Å². The minimum Gasteiger partial charge on any atom is -0.497 e.